The summed E-state index contributed by atoms with van der Waals surface area (Å²) in [5.74, 6) is -0.0831. The van der Waals surface area contributed by atoms with Crippen molar-refractivity contribution in [1.82, 2.24) is 4.90 Å². The number of para-hydroxylation sites is 1. The largest absolute Gasteiger partial charge is 0.493 e. The molecule has 0 aromatic heterocycles. The van der Waals surface area contributed by atoms with Crippen LogP contribution in [0, 0.1) is 3.57 Å². The smallest absolute Gasteiger partial charge is 0.345 e. The second-order valence-electron chi connectivity index (χ2n) is 7.52. The van der Waals surface area contributed by atoms with Crippen LogP contribution in [0.3, 0.4) is 0 Å². The number of thioether (sulfide) groups is 1. The predicted octanol–water partition coefficient (Wildman–Crippen LogP) is 6.94. The van der Waals surface area contributed by atoms with E-state index in [1.165, 1.54) is 7.11 Å². The van der Waals surface area contributed by atoms with E-state index in [-0.39, 0.29) is 40.1 Å². The van der Waals surface area contributed by atoms with Gasteiger partial charge in [-0.2, -0.15) is 0 Å². The van der Waals surface area contributed by atoms with E-state index < -0.39 is 17.1 Å². The van der Waals surface area contributed by atoms with Crippen molar-refractivity contribution in [3.63, 3.8) is 0 Å². The van der Waals surface area contributed by atoms with Gasteiger partial charge in [-0.1, -0.05) is 47.5 Å². The number of imide groups is 1. The fraction of sp³-hybridized carbons (Fsp3) is 0.115. The van der Waals surface area contributed by atoms with Crippen molar-refractivity contribution in [1.29, 1.82) is 0 Å². The highest BCUT2D eigenvalue weighted by Gasteiger charge is 2.35. The molecule has 3 aromatic rings. The zero-order chi connectivity index (χ0) is 26.5. The summed E-state index contributed by atoms with van der Waals surface area (Å²) in [4.78, 5) is 39.4. The SMILES string of the molecule is COc1cc(/C=C2\SC(=O)N(CCOc3ccccc3Cl)C2=O)cc(I)c1OC(=O)c1ccccc1Cl. The number of nitrogens with zero attached hydrogens (tertiary/aromatic N) is 1. The van der Waals surface area contributed by atoms with Crippen LogP contribution in [0.1, 0.15) is 15.9 Å². The van der Waals surface area contributed by atoms with Crippen LogP contribution in [-0.2, 0) is 4.79 Å². The number of hydrogen-bond acceptors (Lipinski definition) is 7. The minimum Gasteiger partial charge on any atom is -0.493 e. The summed E-state index contributed by atoms with van der Waals surface area (Å²) in [6.45, 7) is 0.178. The molecule has 1 heterocycles. The number of rotatable bonds is 8. The Morgan fingerprint density at radius 2 is 1.73 bits per heavy atom. The Kier molecular flexibility index (Phi) is 9.01. The minimum absolute atomic E-state index is 0.0744. The number of carbonyl (C=O) groups is 3. The predicted molar refractivity (Wildman–Crippen MR) is 152 cm³/mol. The molecule has 0 spiro atoms. The number of methoxy groups -OCH3 is 1. The summed E-state index contributed by atoms with van der Waals surface area (Å²) in [6.07, 6.45) is 1.59. The van der Waals surface area contributed by atoms with Crippen molar-refractivity contribution in [2.24, 2.45) is 0 Å². The van der Waals surface area contributed by atoms with Gasteiger partial charge in [-0.15, -0.1) is 0 Å². The van der Waals surface area contributed by atoms with E-state index in [2.05, 4.69) is 0 Å². The normalized spacial score (nSPS) is 14.3. The quantitative estimate of drug-likeness (QED) is 0.111. The summed E-state index contributed by atoms with van der Waals surface area (Å²) in [5.41, 5.74) is 0.815. The zero-order valence-corrected chi connectivity index (χ0v) is 23.7. The highest BCUT2D eigenvalue weighted by molar-refractivity contribution is 14.1. The van der Waals surface area contributed by atoms with E-state index in [0.29, 0.717) is 19.9 Å². The Bertz CT molecular complexity index is 1410. The molecule has 0 atom stereocenters. The van der Waals surface area contributed by atoms with Crippen LogP contribution in [0.15, 0.2) is 65.6 Å². The number of hydrogen-bond donors (Lipinski definition) is 0. The van der Waals surface area contributed by atoms with Crippen LogP contribution < -0.4 is 14.2 Å². The van der Waals surface area contributed by atoms with Gasteiger partial charge in [0.25, 0.3) is 11.1 Å². The molecular formula is C26H18Cl2INO6S. The fourth-order valence-corrected chi connectivity index (χ4v) is 5.35. The molecule has 1 aliphatic heterocycles. The number of amides is 2. The maximum Gasteiger partial charge on any atom is 0.345 e. The number of carbonyl (C=O) groups excluding carboxylic acids is 3. The molecule has 0 saturated carbocycles. The molecule has 0 aliphatic carbocycles. The van der Waals surface area contributed by atoms with Crippen LogP contribution in [0.25, 0.3) is 6.08 Å². The molecule has 1 aliphatic rings. The van der Waals surface area contributed by atoms with Gasteiger partial charge in [-0.3, -0.25) is 14.5 Å². The average molecular weight is 670 g/mol. The first-order valence-corrected chi connectivity index (χ1v) is 13.4. The Morgan fingerprint density at radius 1 is 1.03 bits per heavy atom. The second kappa shape index (κ2) is 12.2. The van der Waals surface area contributed by atoms with Crippen LogP contribution in [0.2, 0.25) is 10.0 Å². The van der Waals surface area contributed by atoms with Crippen molar-refractivity contribution < 1.29 is 28.6 Å². The van der Waals surface area contributed by atoms with Crippen molar-refractivity contribution in [3.8, 4) is 17.2 Å². The molecule has 1 saturated heterocycles. The van der Waals surface area contributed by atoms with Gasteiger partial charge >= 0.3 is 5.97 Å². The summed E-state index contributed by atoms with van der Waals surface area (Å²) < 4.78 is 17.2. The van der Waals surface area contributed by atoms with Gasteiger partial charge in [-0.25, -0.2) is 4.79 Å². The first kappa shape index (κ1) is 27.3. The van der Waals surface area contributed by atoms with Crippen molar-refractivity contribution in [2.75, 3.05) is 20.3 Å². The summed E-state index contributed by atoms with van der Waals surface area (Å²) in [7, 11) is 1.44. The highest BCUT2D eigenvalue weighted by atomic mass is 127. The summed E-state index contributed by atoms with van der Waals surface area (Å²) >= 11 is 15.0. The molecule has 0 bridgehead atoms. The Labute approximate surface area is 240 Å². The molecule has 11 heteroatoms. The molecule has 2 amide bonds. The molecule has 190 valence electrons. The third-order valence-corrected chi connectivity index (χ3v) is 7.47. The monoisotopic (exact) mass is 669 g/mol. The molecule has 37 heavy (non-hydrogen) atoms. The lowest BCUT2D eigenvalue weighted by molar-refractivity contribution is -0.123. The van der Waals surface area contributed by atoms with E-state index in [9.17, 15) is 14.4 Å². The number of esters is 1. The topological polar surface area (TPSA) is 82.1 Å². The van der Waals surface area contributed by atoms with Gasteiger partial charge in [0.15, 0.2) is 11.5 Å². The third-order valence-electron chi connectivity index (χ3n) is 5.12. The Balaban J connectivity index is 1.48. The average Bonchev–Trinajstić information content (AvgIpc) is 3.14. The third kappa shape index (κ3) is 6.40. The minimum atomic E-state index is -0.630. The lowest BCUT2D eigenvalue weighted by Gasteiger charge is -2.14. The van der Waals surface area contributed by atoms with Gasteiger partial charge in [-0.05, 0) is 82.4 Å². The first-order chi connectivity index (χ1) is 17.8. The number of ether oxygens (including phenoxy) is 3. The van der Waals surface area contributed by atoms with Crippen LogP contribution in [0.5, 0.6) is 17.2 Å². The molecule has 7 nitrogen and oxygen atoms in total. The molecule has 4 rings (SSSR count). The van der Waals surface area contributed by atoms with Crippen LogP contribution >= 0.6 is 57.6 Å². The molecule has 0 N–H and O–H groups in total. The molecule has 0 radical (unpaired) electrons. The van der Waals surface area contributed by atoms with Gasteiger partial charge in [0.2, 0.25) is 0 Å². The van der Waals surface area contributed by atoms with E-state index in [4.69, 9.17) is 37.4 Å². The summed E-state index contributed by atoms with van der Waals surface area (Å²) in [5, 5.41) is 0.318. The van der Waals surface area contributed by atoms with Crippen molar-refractivity contribution in [2.45, 2.75) is 0 Å². The fourth-order valence-electron chi connectivity index (χ4n) is 3.35. The van der Waals surface area contributed by atoms with Crippen LogP contribution in [-0.4, -0.2) is 42.3 Å². The van der Waals surface area contributed by atoms with Gasteiger partial charge in [0, 0.05) is 0 Å². The molecule has 0 unspecified atom stereocenters. The van der Waals surface area contributed by atoms with Gasteiger partial charge < -0.3 is 14.2 Å². The van der Waals surface area contributed by atoms with E-state index in [1.54, 1.807) is 66.7 Å². The van der Waals surface area contributed by atoms with E-state index >= 15 is 0 Å². The Hall–Kier alpha value is -2.73. The molecular weight excluding hydrogens is 652 g/mol. The maximum atomic E-state index is 12.9. The van der Waals surface area contributed by atoms with E-state index in [1.807, 2.05) is 22.6 Å². The lowest BCUT2D eigenvalue weighted by atomic mass is 10.1. The Morgan fingerprint density at radius 3 is 2.43 bits per heavy atom. The number of benzene rings is 3. The first-order valence-electron chi connectivity index (χ1n) is 10.8. The molecule has 1 fully saturated rings. The maximum absolute atomic E-state index is 12.9. The van der Waals surface area contributed by atoms with Gasteiger partial charge in [0.1, 0.15) is 12.4 Å². The van der Waals surface area contributed by atoms with Crippen LogP contribution in [0.4, 0.5) is 4.79 Å². The lowest BCUT2D eigenvalue weighted by Crippen LogP contribution is -2.32. The molecule has 3 aromatic carbocycles. The standard InChI is InChI=1S/C26H18Cl2INO6S/c1-34-21-13-15(12-19(29)23(21)36-25(32)16-6-2-3-7-17(16)27)14-22-24(31)30(26(33)37-22)10-11-35-20-9-5-4-8-18(20)28/h2-9,12-14H,10-11H2,1H3/b22-14-. The van der Waals surface area contributed by atoms with Crippen molar-refractivity contribution in [3.05, 3.63) is 90.3 Å². The number of halogens is 3. The second-order valence-corrected chi connectivity index (χ2v) is 10.5. The van der Waals surface area contributed by atoms with Crippen molar-refractivity contribution >= 4 is 80.7 Å². The van der Waals surface area contributed by atoms with Gasteiger partial charge in [0.05, 0.1) is 37.7 Å². The highest BCUT2D eigenvalue weighted by Crippen LogP contribution is 2.38. The zero-order valence-electron chi connectivity index (χ0n) is 19.2. The van der Waals surface area contributed by atoms with E-state index in [0.717, 1.165) is 16.7 Å². The summed E-state index contributed by atoms with van der Waals surface area (Å²) in [6, 6.07) is 16.9.